The highest BCUT2D eigenvalue weighted by Crippen LogP contribution is 2.62. The van der Waals surface area contributed by atoms with Crippen LogP contribution in [0.1, 0.15) is 171 Å². The number of carbonyl (C=O) groups excluding carboxylic acids is 6. The monoisotopic (exact) mass is 1220 g/mol. The van der Waals surface area contributed by atoms with Crippen molar-refractivity contribution in [1.82, 2.24) is 0 Å². The first kappa shape index (κ1) is 65.1. The summed E-state index contributed by atoms with van der Waals surface area (Å²) in [5.41, 5.74) is 2.01. The van der Waals surface area contributed by atoms with Crippen molar-refractivity contribution in [3.63, 3.8) is 0 Å². The van der Waals surface area contributed by atoms with Crippen molar-refractivity contribution in [2.45, 2.75) is 188 Å². The molecule has 0 aromatic heterocycles. The summed E-state index contributed by atoms with van der Waals surface area (Å²) in [4.78, 5) is 84.0. The van der Waals surface area contributed by atoms with E-state index >= 15 is 0 Å². The Bertz CT molecular complexity index is 2650. The number of unbranched alkanes of at least 4 members (excludes halogenated alkanes) is 6. The van der Waals surface area contributed by atoms with Gasteiger partial charge in [-0.25, -0.2) is 14.6 Å². The molecule has 0 radical (unpaired) electrons. The van der Waals surface area contributed by atoms with Crippen molar-refractivity contribution >= 4 is 94.7 Å². The predicted octanol–water partition coefficient (Wildman–Crippen LogP) is 13.9. The SMILES string of the molecule is C=CC(=O)OCCCCCCOC1CCC(OC(=O)C2CCC(C(=O)Oc3c(C=C)c(C=C)c(OC(=O)C4CCC(C(=O)OC5CCC(OCCCCCCOC(=O)C=C)CC5)CC4)c4c3SC(=C3N=C(c5ccccc5)OC3=S)S4)CC2)CC1. The van der Waals surface area contributed by atoms with E-state index in [9.17, 15) is 28.8 Å². The summed E-state index contributed by atoms with van der Waals surface area (Å²) in [7, 11) is 0. The van der Waals surface area contributed by atoms with Crippen molar-refractivity contribution < 1.29 is 71.4 Å². The van der Waals surface area contributed by atoms with Crippen LogP contribution in [0.3, 0.4) is 0 Å². The van der Waals surface area contributed by atoms with Gasteiger partial charge in [-0.15, -0.1) is 0 Å². The second-order valence-electron chi connectivity index (χ2n) is 22.5. The summed E-state index contributed by atoms with van der Waals surface area (Å²) in [6, 6.07) is 9.42. The maximum Gasteiger partial charge on any atom is 0.330 e. The maximum absolute atomic E-state index is 14.3. The fourth-order valence-electron chi connectivity index (χ4n) is 11.7. The molecule has 0 atom stereocenters. The fourth-order valence-corrected chi connectivity index (χ4v) is 14.6. The van der Waals surface area contributed by atoms with Gasteiger partial charge in [0.25, 0.3) is 0 Å². The number of benzene rings is 2. The lowest BCUT2D eigenvalue weighted by molar-refractivity contribution is -0.160. The van der Waals surface area contributed by atoms with Crippen LogP contribution in [0.25, 0.3) is 12.2 Å². The van der Waals surface area contributed by atoms with Gasteiger partial charge in [0.1, 0.15) is 17.9 Å². The molecule has 0 spiro atoms. The predicted molar refractivity (Wildman–Crippen MR) is 330 cm³/mol. The maximum atomic E-state index is 14.3. The average Bonchev–Trinajstić information content (AvgIpc) is 2.44. The zero-order chi connectivity index (χ0) is 60.1. The second-order valence-corrected chi connectivity index (χ2v) is 25.2. The molecule has 8 rings (SSSR count). The minimum absolute atomic E-state index is 0.140. The van der Waals surface area contributed by atoms with Crippen LogP contribution in [0, 0.1) is 23.7 Å². The lowest BCUT2D eigenvalue weighted by Gasteiger charge is -2.31. The molecule has 2 heterocycles. The van der Waals surface area contributed by atoms with E-state index < -0.39 is 35.7 Å². The van der Waals surface area contributed by atoms with Gasteiger partial charge >= 0.3 is 35.8 Å². The first-order valence-electron chi connectivity index (χ1n) is 30.5. The minimum atomic E-state index is -0.487. The molecule has 4 fully saturated rings. The van der Waals surface area contributed by atoms with Gasteiger partial charge in [0.2, 0.25) is 10.9 Å². The average molecular weight is 1220 g/mol. The molecular formula is C66H81NO15S3. The number of ether oxygens (including phenoxy) is 9. The molecule has 2 aromatic carbocycles. The molecule has 2 aliphatic heterocycles. The third-order valence-electron chi connectivity index (χ3n) is 16.6. The van der Waals surface area contributed by atoms with E-state index in [1.807, 2.05) is 30.3 Å². The summed E-state index contributed by atoms with van der Waals surface area (Å²) in [5.74, 6) is -2.92. The van der Waals surface area contributed by atoms with Gasteiger partial charge in [-0.2, -0.15) is 0 Å². The van der Waals surface area contributed by atoms with E-state index in [-0.39, 0.29) is 64.7 Å². The Morgan fingerprint density at radius 2 is 0.882 bits per heavy atom. The molecule has 0 saturated heterocycles. The summed E-state index contributed by atoms with van der Waals surface area (Å²) in [6.07, 6.45) is 22.8. The topological polar surface area (TPSA) is 198 Å². The molecule has 458 valence electrons. The van der Waals surface area contributed by atoms with E-state index in [1.54, 1.807) is 12.2 Å². The quantitative estimate of drug-likeness (QED) is 0.0186. The number of fused-ring (bicyclic) bond motifs is 1. The van der Waals surface area contributed by atoms with Crippen LogP contribution in [0.2, 0.25) is 0 Å². The lowest BCUT2D eigenvalue weighted by atomic mass is 9.82. The Labute approximate surface area is 513 Å². The van der Waals surface area contributed by atoms with Crippen LogP contribution >= 0.6 is 35.7 Å². The molecular weight excluding hydrogens is 1140 g/mol. The molecule has 0 bridgehead atoms. The van der Waals surface area contributed by atoms with Crippen molar-refractivity contribution in [2.75, 3.05) is 26.4 Å². The van der Waals surface area contributed by atoms with Crippen LogP contribution in [-0.2, 0) is 61.9 Å². The van der Waals surface area contributed by atoms with Crippen molar-refractivity contribution in [3.8, 4) is 11.5 Å². The first-order chi connectivity index (χ1) is 41.3. The molecule has 2 aromatic rings. The van der Waals surface area contributed by atoms with Gasteiger partial charge in [0.15, 0.2) is 11.5 Å². The highest BCUT2D eigenvalue weighted by Gasteiger charge is 2.41. The molecule has 4 aliphatic carbocycles. The number of hydrogen-bond donors (Lipinski definition) is 0. The zero-order valence-corrected chi connectivity index (χ0v) is 51.2. The number of rotatable bonds is 29. The largest absolute Gasteiger partial charge is 0.463 e. The van der Waals surface area contributed by atoms with Gasteiger partial charge in [0.05, 0.1) is 63.1 Å². The van der Waals surface area contributed by atoms with E-state index in [1.165, 1.54) is 35.7 Å². The zero-order valence-electron chi connectivity index (χ0n) is 48.7. The first-order valence-corrected chi connectivity index (χ1v) is 32.5. The minimum Gasteiger partial charge on any atom is -0.463 e. The number of hydrogen-bond acceptors (Lipinski definition) is 19. The Kier molecular flexibility index (Phi) is 25.5. The fraction of sp³-hybridized carbons (Fsp3) is 0.545. The van der Waals surface area contributed by atoms with Gasteiger partial charge in [0, 0.05) is 42.1 Å². The molecule has 85 heavy (non-hydrogen) atoms. The van der Waals surface area contributed by atoms with Gasteiger partial charge in [-0.05, 0) is 166 Å². The molecule has 6 aliphatic rings. The van der Waals surface area contributed by atoms with Gasteiger partial charge in [-0.1, -0.05) is 93.0 Å². The van der Waals surface area contributed by atoms with E-state index in [2.05, 4.69) is 26.3 Å². The number of carbonyl (C=O) groups is 6. The smallest absolute Gasteiger partial charge is 0.330 e. The number of esters is 6. The Hall–Kier alpha value is -5.86. The number of aliphatic imine (C=N–C) groups is 1. The van der Waals surface area contributed by atoms with Gasteiger partial charge in [-0.3, -0.25) is 19.2 Å². The van der Waals surface area contributed by atoms with Crippen LogP contribution in [-0.4, -0.2) is 97.6 Å². The summed E-state index contributed by atoms with van der Waals surface area (Å²) in [6.45, 7) is 17.2. The number of thioether (sulfide) groups is 2. The molecule has 4 saturated carbocycles. The normalized spacial score (nSPS) is 23.7. The highest BCUT2D eigenvalue weighted by molar-refractivity contribution is 8.25. The molecule has 0 unspecified atom stereocenters. The standard InChI is InChI=1S/C66H81NO15S3/c1-5-51-52(6-2)57(81-64(73)46-28-24-44(25-29-46)62(71)79-50-36-32-48(33-37-50)75-39-17-10-12-19-41-77-54(69)8-4)59-58(84-66(85-59)55-65(83)82-60(67-55)42-20-14-13-15-21-42)56(51)80-63(72)45-26-22-43(23-27-45)61(70)78-49-34-30-47(31-35-49)74-38-16-9-11-18-40-76-53(68)7-3/h5-8,13-15,20-21,43-50H,1-4,9-12,16-19,22-41H2. The van der Waals surface area contributed by atoms with Crippen LogP contribution in [0.5, 0.6) is 11.5 Å². The third-order valence-corrected chi connectivity index (χ3v) is 19.5. The molecule has 0 N–H and O–H groups in total. The van der Waals surface area contributed by atoms with Crippen molar-refractivity contribution in [1.29, 1.82) is 0 Å². The second kappa shape index (κ2) is 33.3. The third kappa shape index (κ3) is 18.6. The van der Waals surface area contributed by atoms with E-state index in [0.717, 1.165) is 108 Å². The van der Waals surface area contributed by atoms with Crippen LogP contribution in [0.4, 0.5) is 0 Å². The van der Waals surface area contributed by atoms with E-state index in [4.69, 9.17) is 59.8 Å². The summed E-state index contributed by atoms with van der Waals surface area (Å²) in [5, 5.41) is 0.170. The highest BCUT2D eigenvalue weighted by atomic mass is 32.2. The summed E-state index contributed by atoms with van der Waals surface area (Å²) < 4.78 is 53.9. The van der Waals surface area contributed by atoms with Crippen molar-refractivity contribution in [2.24, 2.45) is 28.7 Å². The number of nitrogens with zero attached hydrogens (tertiary/aromatic N) is 1. The Balaban J connectivity index is 0.843. The van der Waals surface area contributed by atoms with Crippen LogP contribution in [0.15, 0.2) is 93.5 Å². The van der Waals surface area contributed by atoms with E-state index in [0.29, 0.717) is 115 Å². The molecule has 19 heteroatoms. The Morgan fingerprint density at radius 3 is 1.27 bits per heavy atom. The van der Waals surface area contributed by atoms with Gasteiger partial charge < -0.3 is 42.6 Å². The lowest BCUT2D eigenvalue weighted by Crippen LogP contribution is -2.33. The molecule has 16 nitrogen and oxygen atoms in total. The Morgan fingerprint density at radius 1 is 0.506 bits per heavy atom. The summed E-state index contributed by atoms with van der Waals surface area (Å²) >= 11 is 8.33. The molecule has 0 amide bonds. The van der Waals surface area contributed by atoms with Crippen molar-refractivity contribution in [3.05, 3.63) is 95.4 Å². The van der Waals surface area contributed by atoms with Crippen LogP contribution < -0.4 is 9.47 Å². The number of thiocarbonyl (C=S) groups is 1.